The van der Waals surface area contributed by atoms with Crippen molar-refractivity contribution < 1.29 is 19.0 Å². The molecule has 0 spiro atoms. The fourth-order valence-corrected chi connectivity index (χ4v) is 4.02. The lowest BCUT2D eigenvalue weighted by atomic mass is 9.72. The van der Waals surface area contributed by atoms with E-state index in [2.05, 4.69) is 0 Å². The van der Waals surface area contributed by atoms with Crippen molar-refractivity contribution in [2.75, 3.05) is 0 Å². The van der Waals surface area contributed by atoms with Gasteiger partial charge >= 0.3 is 6.09 Å². The fraction of sp³-hybridized carbons (Fsp3) is 0.611. The second-order valence-corrected chi connectivity index (χ2v) is 8.01. The number of rotatable bonds is 2. The van der Waals surface area contributed by atoms with Crippen LogP contribution in [0.4, 0.5) is 9.18 Å². The highest BCUT2D eigenvalue weighted by Crippen LogP contribution is 2.57. The van der Waals surface area contributed by atoms with E-state index in [4.69, 9.17) is 4.74 Å². The van der Waals surface area contributed by atoms with Crippen LogP contribution in [0.5, 0.6) is 0 Å². The Morgan fingerprint density at radius 3 is 2.65 bits per heavy atom. The van der Waals surface area contributed by atoms with Gasteiger partial charge in [-0.1, -0.05) is 12.1 Å². The monoisotopic (exact) mass is 321 g/mol. The van der Waals surface area contributed by atoms with E-state index in [0.717, 1.165) is 12.8 Å². The van der Waals surface area contributed by atoms with E-state index in [-0.39, 0.29) is 23.3 Å². The first-order valence-electron chi connectivity index (χ1n) is 8.07. The first kappa shape index (κ1) is 16.2. The number of carbonyl (C=O) groups is 1. The maximum atomic E-state index is 13.5. The number of hydrogen-bond donors (Lipinski definition) is 1. The average Bonchev–Trinajstić information content (AvgIpc) is 2.84. The van der Waals surface area contributed by atoms with Crippen LogP contribution in [0, 0.1) is 11.7 Å². The molecule has 2 atom stereocenters. The molecular formula is C18H24FNO3. The second kappa shape index (κ2) is 5.20. The van der Waals surface area contributed by atoms with Gasteiger partial charge in [-0.3, -0.25) is 4.90 Å². The molecule has 4 rings (SSSR count). The van der Waals surface area contributed by atoms with Crippen LogP contribution < -0.4 is 0 Å². The molecule has 1 aromatic carbocycles. The van der Waals surface area contributed by atoms with Crippen LogP contribution in [0.2, 0.25) is 0 Å². The Balaban J connectivity index is 1.87. The van der Waals surface area contributed by atoms with Crippen LogP contribution in [0.25, 0.3) is 0 Å². The number of halogens is 1. The standard InChI is InChI=1S/C18H24FNO3/c1-17(2,3)23-16(22)20-14(12-9-18(20,4)10-12)15(21)11-6-5-7-13(19)8-11/h5-8,12,14-15,21H,9-10H2,1-4H3/t12?,14-,15+,18?/m1/s1. The fourth-order valence-electron chi connectivity index (χ4n) is 4.02. The maximum absolute atomic E-state index is 13.5. The number of aliphatic hydroxyl groups excluding tert-OH is 1. The molecule has 2 saturated heterocycles. The van der Waals surface area contributed by atoms with E-state index in [9.17, 15) is 14.3 Å². The SMILES string of the molecule is CC(C)(C)OC(=O)N1[C@@H]([C@@H](O)c2cccc(F)c2)C2CC1(C)C2. The minimum absolute atomic E-state index is 0.228. The lowest BCUT2D eigenvalue weighted by Gasteiger charge is -2.39. The Morgan fingerprint density at radius 2 is 2.09 bits per heavy atom. The van der Waals surface area contributed by atoms with Gasteiger partial charge in [0.1, 0.15) is 11.4 Å². The molecule has 1 saturated carbocycles. The maximum Gasteiger partial charge on any atom is 0.411 e. The number of nitrogens with zero attached hydrogens (tertiary/aromatic N) is 1. The zero-order chi connectivity index (χ0) is 17.0. The number of fused-ring (bicyclic) bond motifs is 1. The number of hydrogen-bond acceptors (Lipinski definition) is 3. The molecule has 0 aromatic heterocycles. The summed E-state index contributed by atoms with van der Waals surface area (Å²) >= 11 is 0. The van der Waals surface area contributed by atoms with Crippen molar-refractivity contribution >= 4 is 6.09 Å². The van der Waals surface area contributed by atoms with E-state index >= 15 is 0 Å². The molecule has 2 aliphatic heterocycles. The van der Waals surface area contributed by atoms with Crippen molar-refractivity contribution in [1.82, 2.24) is 4.90 Å². The van der Waals surface area contributed by atoms with E-state index in [0.29, 0.717) is 5.56 Å². The number of carbonyl (C=O) groups excluding carboxylic acids is 1. The molecule has 2 heterocycles. The minimum atomic E-state index is -0.910. The van der Waals surface area contributed by atoms with E-state index in [1.807, 2.05) is 27.7 Å². The summed E-state index contributed by atoms with van der Waals surface area (Å²) in [5.41, 5.74) is -0.361. The molecule has 1 aromatic rings. The molecule has 0 unspecified atom stereocenters. The van der Waals surface area contributed by atoms with Gasteiger partial charge in [-0.15, -0.1) is 0 Å². The second-order valence-electron chi connectivity index (χ2n) is 8.01. The van der Waals surface area contributed by atoms with Crippen molar-refractivity contribution in [3.05, 3.63) is 35.6 Å². The lowest BCUT2D eigenvalue weighted by Crippen LogP contribution is -2.49. The summed E-state index contributed by atoms with van der Waals surface area (Å²) in [7, 11) is 0. The summed E-state index contributed by atoms with van der Waals surface area (Å²) in [6, 6.07) is 5.58. The van der Waals surface area contributed by atoms with Gasteiger partial charge in [0, 0.05) is 5.54 Å². The molecular weight excluding hydrogens is 297 g/mol. The van der Waals surface area contributed by atoms with Gasteiger partial charge in [0.2, 0.25) is 0 Å². The third kappa shape index (κ3) is 2.82. The molecule has 5 heteroatoms. The van der Waals surface area contributed by atoms with Crippen LogP contribution in [0.15, 0.2) is 24.3 Å². The van der Waals surface area contributed by atoms with Crippen molar-refractivity contribution in [2.45, 2.75) is 63.8 Å². The summed E-state index contributed by atoms with van der Waals surface area (Å²) in [5, 5.41) is 10.8. The molecule has 23 heavy (non-hydrogen) atoms. The Kier molecular flexibility index (Phi) is 3.67. The number of benzene rings is 1. The van der Waals surface area contributed by atoms with Crippen molar-refractivity contribution in [3.63, 3.8) is 0 Å². The molecule has 3 aliphatic rings. The average molecular weight is 321 g/mol. The van der Waals surface area contributed by atoms with Gasteiger partial charge in [0.25, 0.3) is 0 Å². The Bertz CT molecular complexity index is 619. The van der Waals surface area contributed by atoms with Gasteiger partial charge in [-0.05, 0) is 64.2 Å². The van der Waals surface area contributed by atoms with Crippen LogP contribution in [-0.4, -0.2) is 33.3 Å². The van der Waals surface area contributed by atoms with E-state index < -0.39 is 17.8 Å². The van der Waals surface area contributed by atoms with Crippen LogP contribution >= 0.6 is 0 Å². The molecule has 4 nitrogen and oxygen atoms in total. The van der Waals surface area contributed by atoms with Crippen molar-refractivity contribution in [1.29, 1.82) is 0 Å². The Labute approximate surface area is 136 Å². The first-order valence-corrected chi connectivity index (χ1v) is 8.07. The highest BCUT2D eigenvalue weighted by molar-refractivity contribution is 5.71. The van der Waals surface area contributed by atoms with Crippen molar-refractivity contribution in [2.24, 2.45) is 5.92 Å². The van der Waals surface area contributed by atoms with Gasteiger partial charge < -0.3 is 9.84 Å². The van der Waals surface area contributed by atoms with Gasteiger partial charge in [-0.2, -0.15) is 0 Å². The van der Waals surface area contributed by atoms with E-state index in [1.54, 1.807) is 17.0 Å². The van der Waals surface area contributed by atoms with Crippen LogP contribution in [0.3, 0.4) is 0 Å². The minimum Gasteiger partial charge on any atom is -0.444 e. The van der Waals surface area contributed by atoms with Gasteiger partial charge in [0.15, 0.2) is 0 Å². The highest BCUT2D eigenvalue weighted by atomic mass is 19.1. The van der Waals surface area contributed by atoms with E-state index in [1.165, 1.54) is 12.1 Å². The Morgan fingerprint density at radius 1 is 1.43 bits per heavy atom. The topological polar surface area (TPSA) is 49.8 Å². The van der Waals surface area contributed by atoms with Gasteiger partial charge in [0.05, 0.1) is 12.1 Å². The molecule has 1 aliphatic carbocycles. The molecule has 1 N–H and O–H groups in total. The quantitative estimate of drug-likeness (QED) is 0.904. The third-order valence-corrected chi connectivity index (χ3v) is 4.87. The Hall–Kier alpha value is -1.62. The predicted molar refractivity (Wildman–Crippen MR) is 84.3 cm³/mol. The summed E-state index contributed by atoms with van der Waals surface area (Å²) in [4.78, 5) is 14.3. The summed E-state index contributed by atoms with van der Waals surface area (Å²) in [6.07, 6.45) is 0.389. The summed E-state index contributed by atoms with van der Waals surface area (Å²) in [6.45, 7) is 7.49. The number of ether oxygens (including phenoxy) is 1. The van der Waals surface area contributed by atoms with Crippen molar-refractivity contribution in [3.8, 4) is 0 Å². The predicted octanol–water partition coefficient (Wildman–Crippen LogP) is 3.65. The summed E-state index contributed by atoms with van der Waals surface area (Å²) in [5.74, 6) is -0.160. The number of aliphatic hydroxyl groups is 1. The molecule has 3 fully saturated rings. The zero-order valence-electron chi connectivity index (χ0n) is 14.0. The zero-order valence-corrected chi connectivity index (χ0v) is 14.0. The normalized spacial score (nSPS) is 30.8. The smallest absolute Gasteiger partial charge is 0.411 e. The molecule has 0 radical (unpaired) electrons. The lowest BCUT2D eigenvalue weighted by molar-refractivity contribution is -0.00902. The van der Waals surface area contributed by atoms with Crippen LogP contribution in [-0.2, 0) is 4.74 Å². The molecule has 1 amide bonds. The molecule has 2 bridgehead atoms. The largest absolute Gasteiger partial charge is 0.444 e. The number of amides is 1. The first-order chi connectivity index (χ1) is 10.6. The third-order valence-electron chi connectivity index (χ3n) is 4.87. The highest BCUT2D eigenvalue weighted by Gasteiger charge is 2.63. The van der Waals surface area contributed by atoms with Gasteiger partial charge in [-0.25, -0.2) is 9.18 Å². The molecule has 126 valence electrons. The van der Waals surface area contributed by atoms with Crippen LogP contribution in [0.1, 0.15) is 52.2 Å². The summed E-state index contributed by atoms with van der Waals surface area (Å²) < 4.78 is 19.0.